The van der Waals surface area contributed by atoms with Crippen LogP contribution in [0.4, 0.5) is 5.00 Å². The summed E-state index contributed by atoms with van der Waals surface area (Å²) in [6.07, 6.45) is 0. The molecule has 0 saturated carbocycles. The van der Waals surface area contributed by atoms with Crippen LogP contribution in [0.2, 0.25) is 0 Å². The van der Waals surface area contributed by atoms with Gasteiger partial charge in [-0.25, -0.2) is 5.84 Å². The number of benzene rings is 1. The van der Waals surface area contributed by atoms with Crippen LogP contribution in [0.3, 0.4) is 0 Å². The minimum absolute atomic E-state index is 0.271. The van der Waals surface area contributed by atoms with Crippen LogP contribution in [0, 0.1) is 0 Å². The molecule has 0 amide bonds. The number of hydrogen-bond acceptors (Lipinski definition) is 7. The first kappa shape index (κ1) is 14.5. The maximum atomic E-state index is 5.68. The summed E-state index contributed by atoms with van der Waals surface area (Å²) in [5, 5.41) is 4.62. The number of nitrogens with zero attached hydrogens (tertiary/aromatic N) is 2. The number of nitrogen functional groups attached to an aromatic ring is 1. The molecular formula is C10H10Br2N4O2S. The van der Waals surface area contributed by atoms with Gasteiger partial charge in [-0.2, -0.15) is 0 Å². The van der Waals surface area contributed by atoms with E-state index >= 15 is 0 Å². The van der Waals surface area contributed by atoms with Crippen LogP contribution >= 0.6 is 43.4 Å². The smallest absolute Gasteiger partial charge is 0.150 e. The molecule has 0 spiro atoms. The number of anilines is 1. The summed E-state index contributed by atoms with van der Waals surface area (Å²) in [6.45, 7) is 0.271. The Kier molecular flexibility index (Phi) is 4.97. The summed E-state index contributed by atoms with van der Waals surface area (Å²) in [5.41, 5.74) is 3.19. The van der Waals surface area contributed by atoms with Gasteiger partial charge in [0.15, 0.2) is 5.00 Å². The number of nitrogens with two attached hydrogens (primary N) is 1. The highest BCUT2D eigenvalue weighted by Gasteiger charge is 2.11. The zero-order valence-electron chi connectivity index (χ0n) is 9.81. The standard InChI is InChI=1S/C10H10Br2N4O2S/c1-17-8-2-6(12)9(3-5(8)11)18-4-7-10(14-13)19-16-15-7/h2-3,14H,4,13H2,1H3. The van der Waals surface area contributed by atoms with Gasteiger partial charge < -0.3 is 14.9 Å². The van der Waals surface area contributed by atoms with Crippen LogP contribution in [0.5, 0.6) is 11.5 Å². The molecule has 0 radical (unpaired) electrons. The second kappa shape index (κ2) is 6.51. The molecule has 0 aliphatic heterocycles. The Bertz CT molecular complexity index is 579. The SMILES string of the molecule is COc1cc(Br)c(OCc2nnsc2NN)cc1Br. The van der Waals surface area contributed by atoms with E-state index in [0.29, 0.717) is 16.4 Å². The molecule has 9 heteroatoms. The highest BCUT2D eigenvalue weighted by Crippen LogP contribution is 2.36. The Balaban J connectivity index is 2.14. The van der Waals surface area contributed by atoms with E-state index in [0.717, 1.165) is 14.7 Å². The third kappa shape index (κ3) is 3.35. The molecule has 1 aromatic carbocycles. The van der Waals surface area contributed by atoms with Crippen molar-refractivity contribution in [1.82, 2.24) is 9.59 Å². The van der Waals surface area contributed by atoms with E-state index in [1.165, 1.54) is 11.5 Å². The van der Waals surface area contributed by atoms with Gasteiger partial charge in [0.05, 0.1) is 16.1 Å². The van der Waals surface area contributed by atoms with Crippen LogP contribution in [0.25, 0.3) is 0 Å². The maximum absolute atomic E-state index is 5.68. The normalized spacial score (nSPS) is 10.3. The molecule has 0 aliphatic rings. The van der Waals surface area contributed by atoms with Crippen molar-refractivity contribution in [2.45, 2.75) is 6.61 Å². The van der Waals surface area contributed by atoms with E-state index in [-0.39, 0.29) is 6.61 Å². The van der Waals surface area contributed by atoms with Crippen LogP contribution in [-0.4, -0.2) is 16.7 Å². The number of halogens is 2. The van der Waals surface area contributed by atoms with Crippen molar-refractivity contribution in [3.05, 3.63) is 26.8 Å². The number of nitrogens with one attached hydrogen (secondary N) is 1. The molecule has 0 atom stereocenters. The molecule has 2 rings (SSSR count). The first-order chi connectivity index (χ1) is 9.15. The van der Waals surface area contributed by atoms with Gasteiger partial charge in [0.2, 0.25) is 0 Å². The third-order valence-electron chi connectivity index (χ3n) is 2.26. The van der Waals surface area contributed by atoms with Crippen molar-refractivity contribution in [2.24, 2.45) is 5.84 Å². The van der Waals surface area contributed by atoms with Crippen LogP contribution in [-0.2, 0) is 6.61 Å². The molecule has 1 heterocycles. The summed E-state index contributed by atoms with van der Waals surface area (Å²) in [7, 11) is 1.60. The molecule has 0 aliphatic carbocycles. The molecule has 102 valence electrons. The van der Waals surface area contributed by atoms with E-state index in [1.54, 1.807) is 7.11 Å². The molecule has 19 heavy (non-hydrogen) atoms. The number of hydrogen-bond donors (Lipinski definition) is 2. The third-order valence-corrected chi connectivity index (χ3v) is 4.20. The summed E-state index contributed by atoms with van der Waals surface area (Å²) in [4.78, 5) is 0. The first-order valence-corrected chi connectivity index (χ1v) is 7.45. The lowest BCUT2D eigenvalue weighted by Crippen LogP contribution is -2.08. The second-order valence-corrected chi connectivity index (χ2v) is 5.86. The van der Waals surface area contributed by atoms with Crippen molar-refractivity contribution in [3.63, 3.8) is 0 Å². The zero-order chi connectivity index (χ0) is 13.8. The summed E-state index contributed by atoms with van der Waals surface area (Å²) in [5.74, 6) is 6.74. The summed E-state index contributed by atoms with van der Waals surface area (Å²) < 4.78 is 16.3. The number of hydrazine groups is 1. The first-order valence-electron chi connectivity index (χ1n) is 5.09. The highest BCUT2D eigenvalue weighted by molar-refractivity contribution is 9.11. The van der Waals surface area contributed by atoms with Gasteiger partial charge in [0.25, 0.3) is 0 Å². The Morgan fingerprint density at radius 2 is 2.00 bits per heavy atom. The molecule has 0 fully saturated rings. The highest BCUT2D eigenvalue weighted by atomic mass is 79.9. The van der Waals surface area contributed by atoms with Crippen LogP contribution in [0.1, 0.15) is 5.69 Å². The Labute approximate surface area is 130 Å². The average molecular weight is 410 g/mol. The van der Waals surface area contributed by atoms with E-state index < -0.39 is 0 Å². The molecule has 0 saturated heterocycles. The molecule has 2 aromatic rings. The van der Waals surface area contributed by atoms with Gasteiger partial charge in [0.1, 0.15) is 23.8 Å². The Morgan fingerprint density at radius 3 is 2.68 bits per heavy atom. The van der Waals surface area contributed by atoms with Crippen molar-refractivity contribution < 1.29 is 9.47 Å². The molecule has 1 aromatic heterocycles. The number of methoxy groups -OCH3 is 1. The van der Waals surface area contributed by atoms with Gasteiger partial charge in [-0.15, -0.1) is 5.10 Å². The zero-order valence-corrected chi connectivity index (χ0v) is 13.8. The molecular weight excluding hydrogens is 400 g/mol. The van der Waals surface area contributed by atoms with Crippen LogP contribution < -0.4 is 20.7 Å². The van der Waals surface area contributed by atoms with Gasteiger partial charge in [0, 0.05) is 11.5 Å². The topological polar surface area (TPSA) is 82.3 Å². The number of rotatable bonds is 5. The lowest BCUT2D eigenvalue weighted by molar-refractivity contribution is 0.298. The number of aromatic nitrogens is 2. The van der Waals surface area contributed by atoms with Gasteiger partial charge in [-0.05, 0) is 44.0 Å². The van der Waals surface area contributed by atoms with Gasteiger partial charge >= 0.3 is 0 Å². The van der Waals surface area contributed by atoms with E-state index in [1.807, 2.05) is 12.1 Å². The minimum atomic E-state index is 0.271. The average Bonchev–Trinajstić information content (AvgIpc) is 2.86. The molecule has 0 bridgehead atoms. The van der Waals surface area contributed by atoms with E-state index in [9.17, 15) is 0 Å². The van der Waals surface area contributed by atoms with Gasteiger partial charge in [-0.3, -0.25) is 0 Å². The number of ether oxygens (including phenoxy) is 2. The summed E-state index contributed by atoms with van der Waals surface area (Å²) in [6, 6.07) is 3.64. The fourth-order valence-electron chi connectivity index (χ4n) is 1.34. The Morgan fingerprint density at radius 1 is 1.32 bits per heavy atom. The monoisotopic (exact) mass is 408 g/mol. The van der Waals surface area contributed by atoms with Crippen LogP contribution in [0.15, 0.2) is 21.1 Å². The predicted octanol–water partition coefficient (Wildman–Crippen LogP) is 2.94. The van der Waals surface area contributed by atoms with E-state index in [4.69, 9.17) is 15.3 Å². The quantitative estimate of drug-likeness (QED) is 0.583. The van der Waals surface area contributed by atoms with Crippen molar-refractivity contribution in [1.29, 1.82) is 0 Å². The fourth-order valence-corrected chi connectivity index (χ4v) is 2.74. The largest absolute Gasteiger partial charge is 0.496 e. The molecule has 0 unspecified atom stereocenters. The molecule has 6 nitrogen and oxygen atoms in total. The van der Waals surface area contributed by atoms with Crippen molar-refractivity contribution in [2.75, 3.05) is 12.5 Å². The lowest BCUT2D eigenvalue weighted by Gasteiger charge is -2.10. The maximum Gasteiger partial charge on any atom is 0.150 e. The van der Waals surface area contributed by atoms with Crippen molar-refractivity contribution >= 4 is 48.4 Å². The fraction of sp³-hybridized carbons (Fsp3) is 0.200. The predicted molar refractivity (Wildman–Crippen MR) is 80.4 cm³/mol. The molecule has 3 N–H and O–H groups in total. The minimum Gasteiger partial charge on any atom is -0.496 e. The van der Waals surface area contributed by atoms with E-state index in [2.05, 4.69) is 46.9 Å². The van der Waals surface area contributed by atoms with Crippen molar-refractivity contribution in [3.8, 4) is 11.5 Å². The summed E-state index contributed by atoms with van der Waals surface area (Å²) >= 11 is 8.01. The lowest BCUT2D eigenvalue weighted by atomic mass is 10.3. The van der Waals surface area contributed by atoms with Gasteiger partial charge in [-0.1, -0.05) is 4.49 Å². The second-order valence-electron chi connectivity index (χ2n) is 3.40. The Hall–Kier alpha value is -0.900.